The van der Waals surface area contributed by atoms with Crippen molar-refractivity contribution in [2.45, 2.75) is 70.5 Å². The van der Waals surface area contributed by atoms with E-state index < -0.39 is 25.6 Å². The maximum Gasteiger partial charge on any atom is 0.265 e. The van der Waals surface area contributed by atoms with Gasteiger partial charge in [-0.2, -0.15) is 0 Å². The number of carbonyl (C=O) groups is 2. The van der Waals surface area contributed by atoms with Crippen LogP contribution in [0.2, 0.25) is 18.1 Å². The first kappa shape index (κ1) is 25.5. The number of hydrogen-bond acceptors (Lipinski definition) is 7. The summed E-state index contributed by atoms with van der Waals surface area (Å²) in [5, 5.41) is 3.98. The van der Waals surface area contributed by atoms with Gasteiger partial charge in [-0.25, -0.2) is 0 Å². The van der Waals surface area contributed by atoms with Gasteiger partial charge in [0.05, 0.1) is 6.04 Å². The summed E-state index contributed by atoms with van der Waals surface area (Å²) in [7, 11) is -0.574. The average molecular weight is 497 g/mol. The summed E-state index contributed by atoms with van der Waals surface area (Å²) in [6.45, 7) is 13.4. The van der Waals surface area contributed by atoms with Gasteiger partial charge in [0.2, 0.25) is 5.78 Å². The third kappa shape index (κ3) is 4.21. The Balaban J connectivity index is 1.86. The summed E-state index contributed by atoms with van der Waals surface area (Å²) in [6.07, 6.45) is 3.88. The van der Waals surface area contributed by atoms with Gasteiger partial charge in [-0.3, -0.25) is 14.5 Å². The molecule has 8 heteroatoms. The molecular weight excluding hydrogens is 460 g/mol. The summed E-state index contributed by atoms with van der Waals surface area (Å²) in [5.41, 5.74) is -0.462. The number of rotatable bonds is 7. The Morgan fingerprint density at radius 2 is 1.89 bits per heavy atom. The highest BCUT2D eigenvalue weighted by Crippen LogP contribution is 2.54. The molecule has 2 aromatic rings. The van der Waals surface area contributed by atoms with E-state index in [1.807, 2.05) is 50.4 Å². The second-order valence-corrected chi connectivity index (χ2v) is 15.8. The summed E-state index contributed by atoms with van der Waals surface area (Å²) < 4.78 is 18.7. The van der Waals surface area contributed by atoms with Gasteiger partial charge in [-0.05, 0) is 54.9 Å². The maximum absolute atomic E-state index is 14.4. The molecule has 0 fully saturated rings. The molecule has 188 valence electrons. The van der Waals surface area contributed by atoms with Crippen LogP contribution in [0.15, 0.2) is 47.0 Å². The van der Waals surface area contributed by atoms with Crippen molar-refractivity contribution in [3.63, 3.8) is 0 Å². The summed E-state index contributed by atoms with van der Waals surface area (Å²) in [6, 6.07) is 9.31. The fourth-order valence-corrected chi connectivity index (χ4v) is 6.20. The monoisotopic (exact) mass is 496 g/mol. The van der Waals surface area contributed by atoms with E-state index in [9.17, 15) is 9.59 Å². The molecule has 0 saturated heterocycles. The Kier molecular flexibility index (Phi) is 6.68. The van der Waals surface area contributed by atoms with Crippen molar-refractivity contribution in [3.05, 3.63) is 59.4 Å². The van der Waals surface area contributed by atoms with Crippen molar-refractivity contribution in [1.82, 2.24) is 10.1 Å². The molecule has 2 unspecified atom stereocenters. The predicted octanol–water partition coefficient (Wildman–Crippen LogP) is 5.35. The van der Waals surface area contributed by atoms with E-state index in [-0.39, 0.29) is 34.9 Å². The van der Waals surface area contributed by atoms with Crippen molar-refractivity contribution < 1.29 is 23.3 Å². The molecule has 3 atom stereocenters. The number of Topliss-reactive ketones (excluding diaryl/α,β-unsaturated/α-hetero) is 1. The van der Waals surface area contributed by atoms with Crippen molar-refractivity contribution in [2.24, 2.45) is 5.92 Å². The Morgan fingerprint density at radius 1 is 1.20 bits per heavy atom. The Hall–Kier alpha value is -2.55. The smallest absolute Gasteiger partial charge is 0.265 e. The van der Waals surface area contributed by atoms with E-state index in [0.29, 0.717) is 18.7 Å². The first-order chi connectivity index (χ1) is 16.4. The first-order valence-electron chi connectivity index (χ1n) is 12.3. The molecule has 2 aliphatic carbocycles. The SMILES string of the molecule is CCN(C)[C@@H]1c2onc(OCc3ccccc3)c2C(=O)C2(O[Si](C)(C)C(C)(C)C)C(=O)C=CCC12. The zero-order valence-electron chi connectivity index (χ0n) is 21.8. The normalized spacial score (nSPS) is 24.5. The maximum atomic E-state index is 14.4. The van der Waals surface area contributed by atoms with Crippen molar-refractivity contribution in [3.8, 4) is 5.88 Å². The molecule has 0 N–H and O–H groups in total. The zero-order valence-corrected chi connectivity index (χ0v) is 22.8. The predicted molar refractivity (Wildman–Crippen MR) is 136 cm³/mol. The van der Waals surface area contributed by atoms with Crippen LogP contribution in [-0.4, -0.2) is 49.1 Å². The van der Waals surface area contributed by atoms with Crippen LogP contribution < -0.4 is 4.74 Å². The number of carbonyl (C=O) groups excluding carboxylic acids is 2. The number of aromatic nitrogens is 1. The van der Waals surface area contributed by atoms with Crippen LogP contribution in [0.5, 0.6) is 5.88 Å². The minimum atomic E-state index is -2.54. The molecule has 1 aromatic heterocycles. The molecule has 7 nitrogen and oxygen atoms in total. The van der Waals surface area contributed by atoms with Gasteiger partial charge >= 0.3 is 0 Å². The molecule has 1 heterocycles. The number of hydrogen-bond donors (Lipinski definition) is 0. The van der Waals surface area contributed by atoms with Crippen LogP contribution in [0.4, 0.5) is 0 Å². The van der Waals surface area contributed by atoms with Crippen LogP contribution in [0.1, 0.15) is 61.8 Å². The van der Waals surface area contributed by atoms with Crippen LogP contribution in [0.25, 0.3) is 0 Å². The molecule has 0 radical (unpaired) electrons. The van der Waals surface area contributed by atoms with Gasteiger partial charge in [0.25, 0.3) is 5.88 Å². The summed E-state index contributed by atoms with van der Waals surface area (Å²) in [5.74, 6) is -0.568. The Bertz CT molecular complexity index is 1130. The number of benzene rings is 1. The minimum absolute atomic E-state index is 0.113. The fourth-order valence-electron chi connectivity index (χ4n) is 4.75. The highest BCUT2D eigenvalue weighted by molar-refractivity contribution is 6.74. The molecule has 0 spiro atoms. The second kappa shape index (κ2) is 9.15. The standard InChI is InChI=1S/C27H36N2O5Si/c1-8-29(5)22-19-15-12-16-20(30)27(19,34-35(6,7)26(2,3)4)24(31)21-23(22)33-28-25(21)32-17-18-13-10-9-11-14-18/h9-14,16,19,22H,8,15,17H2,1-7H3/t19?,22-,27?/m0/s1. The molecule has 4 rings (SSSR count). The zero-order chi connectivity index (χ0) is 25.6. The lowest BCUT2D eigenvalue weighted by Gasteiger charge is -2.52. The van der Waals surface area contributed by atoms with E-state index in [4.69, 9.17) is 13.7 Å². The van der Waals surface area contributed by atoms with E-state index in [1.165, 1.54) is 6.08 Å². The Labute approximate surface area is 208 Å². The van der Waals surface area contributed by atoms with Crippen LogP contribution in [0.3, 0.4) is 0 Å². The summed E-state index contributed by atoms with van der Waals surface area (Å²) in [4.78, 5) is 30.2. The van der Waals surface area contributed by atoms with Gasteiger partial charge in [0, 0.05) is 5.92 Å². The van der Waals surface area contributed by atoms with E-state index >= 15 is 0 Å². The topological polar surface area (TPSA) is 81.9 Å². The molecule has 2 aliphatic rings. The largest absolute Gasteiger partial charge is 0.470 e. The van der Waals surface area contributed by atoms with Crippen LogP contribution in [-0.2, 0) is 15.8 Å². The third-order valence-electron chi connectivity index (χ3n) is 7.86. The van der Waals surface area contributed by atoms with Crippen LogP contribution >= 0.6 is 0 Å². The number of allylic oxidation sites excluding steroid dienone is 1. The van der Waals surface area contributed by atoms with Gasteiger partial charge in [-0.15, -0.1) is 0 Å². The first-order valence-corrected chi connectivity index (χ1v) is 15.2. The molecule has 0 amide bonds. The van der Waals surface area contributed by atoms with Crippen molar-refractivity contribution in [1.29, 1.82) is 0 Å². The number of nitrogens with zero attached hydrogens (tertiary/aromatic N) is 2. The van der Waals surface area contributed by atoms with E-state index in [1.54, 1.807) is 0 Å². The van der Waals surface area contributed by atoms with Gasteiger partial charge < -0.3 is 13.7 Å². The van der Waals surface area contributed by atoms with Crippen LogP contribution in [0, 0.1) is 5.92 Å². The second-order valence-electron chi connectivity index (χ2n) is 11.1. The van der Waals surface area contributed by atoms with E-state index in [0.717, 1.165) is 5.56 Å². The molecule has 0 saturated carbocycles. The average Bonchev–Trinajstić information content (AvgIpc) is 3.22. The number of ether oxygens (including phenoxy) is 1. The lowest BCUT2D eigenvalue weighted by Crippen LogP contribution is -2.66. The Morgan fingerprint density at radius 3 is 2.51 bits per heavy atom. The molecule has 35 heavy (non-hydrogen) atoms. The highest BCUT2D eigenvalue weighted by atomic mass is 28.4. The minimum Gasteiger partial charge on any atom is -0.470 e. The quantitative estimate of drug-likeness (QED) is 0.377. The number of fused-ring (bicyclic) bond motifs is 2. The van der Waals surface area contributed by atoms with Crippen molar-refractivity contribution in [2.75, 3.05) is 13.6 Å². The fraction of sp³-hybridized carbons (Fsp3) is 0.519. The third-order valence-corrected chi connectivity index (χ3v) is 12.3. The molecule has 0 aliphatic heterocycles. The molecular formula is C27H36N2O5Si. The highest BCUT2D eigenvalue weighted by Gasteiger charge is 2.65. The lowest BCUT2D eigenvalue weighted by molar-refractivity contribution is -0.135. The van der Waals surface area contributed by atoms with Gasteiger partial charge in [0.15, 0.2) is 25.5 Å². The van der Waals surface area contributed by atoms with E-state index in [2.05, 4.69) is 43.9 Å². The summed E-state index contributed by atoms with van der Waals surface area (Å²) >= 11 is 0. The lowest BCUT2D eigenvalue weighted by atomic mass is 9.65. The van der Waals surface area contributed by atoms with Gasteiger partial charge in [-0.1, -0.05) is 64.1 Å². The van der Waals surface area contributed by atoms with Gasteiger partial charge in [0.1, 0.15) is 12.2 Å². The van der Waals surface area contributed by atoms with Crippen molar-refractivity contribution >= 4 is 19.9 Å². The molecule has 1 aromatic carbocycles. The molecule has 0 bridgehead atoms. The number of ketones is 2.